The standard InChI is InChI=1S/C18H18N4/c19-14-6-8-17(9-7-14)21-22-18-12-10-16(11-13-18)20-15-4-2-1-3-5-15/h1-13,20-22H,19H2. The molecule has 0 aliphatic rings. The predicted octanol–water partition coefficient (Wildman–Crippen LogP) is 4.45. The molecule has 4 heteroatoms. The fourth-order valence-corrected chi connectivity index (χ4v) is 2.04. The molecule has 0 fully saturated rings. The normalized spacial score (nSPS) is 10.0. The van der Waals surface area contributed by atoms with Crippen molar-refractivity contribution in [1.82, 2.24) is 0 Å². The molecule has 0 spiro atoms. The van der Waals surface area contributed by atoms with E-state index >= 15 is 0 Å². The number of anilines is 5. The molecule has 110 valence electrons. The molecule has 0 atom stereocenters. The van der Waals surface area contributed by atoms with Crippen molar-refractivity contribution in [3.05, 3.63) is 78.9 Å². The molecule has 4 nitrogen and oxygen atoms in total. The Morgan fingerprint density at radius 1 is 0.500 bits per heavy atom. The van der Waals surface area contributed by atoms with Gasteiger partial charge in [0.2, 0.25) is 0 Å². The molecule has 0 saturated heterocycles. The number of benzene rings is 3. The van der Waals surface area contributed by atoms with Gasteiger partial charge in [0.1, 0.15) is 0 Å². The summed E-state index contributed by atoms with van der Waals surface area (Å²) in [5.41, 5.74) is 16.8. The summed E-state index contributed by atoms with van der Waals surface area (Å²) < 4.78 is 0. The van der Waals surface area contributed by atoms with Crippen molar-refractivity contribution in [2.75, 3.05) is 21.9 Å². The summed E-state index contributed by atoms with van der Waals surface area (Å²) in [6.07, 6.45) is 0. The number of nitrogens with one attached hydrogen (secondary N) is 3. The quantitative estimate of drug-likeness (QED) is 0.414. The molecular formula is C18H18N4. The first kappa shape index (κ1) is 13.8. The summed E-state index contributed by atoms with van der Waals surface area (Å²) in [6.45, 7) is 0. The molecule has 0 saturated carbocycles. The van der Waals surface area contributed by atoms with Gasteiger partial charge in [0.15, 0.2) is 0 Å². The Morgan fingerprint density at radius 3 is 1.55 bits per heavy atom. The predicted molar refractivity (Wildman–Crippen MR) is 94.3 cm³/mol. The maximum absolute atomic E-state index is 5.66. The highest BCUT2D eigenvalue weighted by Gasteiger charge is 1.96. The summed E-state index contributed by atoms with van der Waals surface area (Å²) >= 11 is 0. The lowest BCUT2D eigenvalue weighted by atomic mass is 10.2. The maximum atomic E-state index is 5.66. The third-order valence-electron chi connectivity index (χ3n) is 3.21. The minimum Gasteiger partial charge on any atom is -0.399 e. The molecule has 0 aliphatic heterocycles. The molecule has 0 aromatic heterocycles. The Hall–Kier alpha value is -3.14. The highest BCUT2D eigenvalue weighted by atomic mass is 15.4. The molecule has 0 heterocycles. The summed E-state index contributed by atoms with van der Waals surface area (Å²) in [7, 11) is 0. The first-order valence-corrected chi connectivity index (χ1v) is 7.09. The molecule has 0 aliphatic carbocycles. The van der Waals surface area contributed by atoms with Crippen LogP contribution in [0.3, 0.4) is 0 Å². The highest BCUT2D eigenvalue weighted by molar-refractivity contribution is 5.63. The van der Waals surface area contributed by atoms with Gasteiger partial charge in [0, 0.05) is 17.1 Å². The zero-order valence-electron chi connectivity index (χ0n) is 12.1. The molecule has 3 aromatic carbocycles. The average Bonchev–Trinajstić information content (AvgIpc) is 2.57. The SMILES string of the molecule is Nc1ccc(NNc2ccc(Nc3ccccc3)cc2)cc1. The van der Waals surface area contributed by atoms with Crippen molar-refractivity contribution in [2.24, 2.45) is 0 Å². The molecular weight excluding hydrogens is 272 g/mol. The highest BCUT2D eigenvalue weighted by Crippen LogP contribution is 2.19. The van der Waals surface area contributed by atoms with Crippen LogP contribution in [0.5, 0.6) is 0 Å². The number of nitrogen functional groups attached to an aromatic ring is 1. The number of hydrazine groups is 1. The van der Waals surface area contributed by atoms with E-state index in [2.05, 4.69) is 16.2 Å². The molecule has 22 heavy (non-hydrogen) atoms. The largest absolute Gasteiger partial charge is 0.399 e. The van der Waals surface area contributed by atoms with Crippen molar-refractivity contribution >= 4 is 28.4 Å². The summed E-state index contributed by atoms with van der Waals surface area (Å²) in [5, 5.41) is 3.35. The Bertz CT molecular complexity index is 706. The Balaban J connectivity index is 1.58. The van der Waals surface area contributed by atoms with E-state index in [4.69, 9.17) is 5.73 Å². The number of para-hydroxylation sites is 1. The minimum atomic E-state index is 0.752. The maximum Gasteiger partial charge on any atom is 0.0541 e. The Morgan fingerprint density at radius 2 is 0.955 bits per heavy atom. The van der Waals surface area contributed by atoms with Crippen molar-refractivity contribution in [3.63, 3.8) is 0 Å². The van der Waals surface area contributed by atoms with Crippen LogP contribution < -0.4 is 21.9 Å². The van der Waals surface area contributed by atoms with Gasteiger partial charge >= 0.3 is 0 Å². The van der Waals surface area contributed by atoms with Crippen LogP contribution in [0.1, 0.15) is 0 Å². The smallest absolute Gasteiger partial charge is 0.0541 e. The number of nitrogens with two attached hydrogens (primary N) is 1. The van der Waals surface area contributed by atoms with E-state index in [1.807, 2.05) is 78.9 Å². The molecule has 0 amide bonds. The average molecular weight is 290 g/mol. The van der Waals surface area contributed by atoms with Crippen molar-refractivity contribution < 1.29 is 0 Å². The van der Waals surface area contributed by atoms with Crippen LogP contribution in [0.15, 0.2) is 78.9 Å². The fourth-order valence-electron chi connectivity index (χ4n) is 2.04. The topological polar surface area (TPSA) is 62.1 Å². The van der Waals surface area contributed by atoms with Gasteiger partial charge in [-0.3, -0.25) is 0 Å². The van der Waals surface area contributed by atoms with Crippen LogP contribution in [0.4, 0.5) is 28.4 Å². The van der Waals surface area contributed by atoms with Gasteiger partial charge in [-0.05, 0) is 60.7 Å². The van der Waals surface area contributed by atoms with E-state index in [0.717, 1.165) is 28.4 Å². The molecule has 0 bridgehead atoms. The third kappa shape index (κ3) is 3.70. The van der Waals surface area contributed by atoms with Gasteiger partial charge in [-0.2, -0.15) is 0 Å². The number of hydrogen-bond acceptors (Lipinski definition) is 4. The second-order valence-electron chi connectivity index (χ2n) is 4.94. The van der Waals surface area contributed by atoms with Gasteiger partial charge in [-0.25, -0.2) is 0 Å². The van der Waals surface area contributed by atoms with Gasteiger partial charge in [0.25, 0.3) is 0 Å². The van der Waals surface area contributed by atoms with Crippen LogP contribution in [0.25, 0.3) is 0 Å². The molecule has 3 aromatic rings. The summed E-state index contributed by atoms with van der Waals surface area (Å²) in [5.74, 6) is 0. The molecule has 5 N–H and O–H groups in total. The zero-order valence-corrected chi connectivity index (χ0v) is 12.1. The van der Waals surface area contributed by atoms with Crippen molar-refractivity contribution in [1.29, 1.82) is 0 Å². The Labute approximate surface area is 130 Å². The van der Waals surface area contributed by atoms with E-state index in [1.165, 1.54) is 0 Å². The van der Waals surface area contributed by atoms with Crippen molar-refractivity contribution in [2.45, 2.75) is 0 Å². The van der Waals surface area contributed by atoms with Gasteiger partial charge < -0.3 is 21.9 Å². The van der Waals surface area contributed by atoms with Gasteiger partial charge in [-0.15, -0.1) is 0 Å². The monoisotopic (exact) mass is 290 g/mol. The third-order valence-corrected chi connectivity index (χ3v) is 3.21. The molecule has 0 unspecified atom stereocenters. The summed E-state index contributed by atoms with van der Waals surface area (Å²) in [4.78, 5) is 0. The zero-order chi connectivity index (χ0) is 15.2. The minimum absolute atomic E-state index is 0.752. The van der Waals surface area contributed by atoms with E-state index in [0.29, 0.717) is 0 Å². The lowest BCUT2D eigenvalue weighted by molar-refractivity contribution is 1.41. The first-order valence-electron chi connectivity index (χ1n) is 7.09. The lowest BCUT2D eigenvalue weighted by Crippen LogP contribution is -2.08. The van der Waals surface area contributed by atoms with Crippen LogP contribution >= 0.6 is 0 Å². The van der Waals surface area contributed by atoms with E-state index in [9.17, 15) is 0 Å². The van der Waals surface area contributed by atoms with Crippen LogP contribution in [-0.4, -0.2) is 0 Å². The van der Waals surface area contributed by atoms with Crippen LogP contribution in [-0.2, 0) is 0 Å². The van der Waals surface area contributed by atoms with E-state index in [1.54, 1.807) is 0 Å². The first-order chi connectivity index (χ1) is 10.8. The molecule has 0 radical (unpaired) electrons. The second kappa shape index (κ2) is 6.54. The Kier molecular flexibility index (Phi) is 4.11. The molecule has 3 rings (SSSR count). The van der Waals surface area contributed by atoms with E-state index < -0.39 is 0 Å². The van der Waals surface area contributed by atoms with Crippen molar-refractivity contribution in [3.8, 4) is 0 Å². The van der Waals surface area contributed by atoms with Gasteiger partial charge in [0.05, 0.1) is 11.4 Å². The lowest BCUT2D eigenvalue weighted by Gasteiger charge is -2.11. The second-order valence-corrected chi connectivity index (χ2v) is 4.94. The number of rotatable bonds is 5. The van der Waals surface area contributed by atoms with Gasteiger partial charge in [-0.1, -0.05) is 18.2 Å². The van der Waals surface area contributed by atoms with E-state index in [-0.39, 0.29) is 0 Å². The number of hydrogen-bond donors (Lipinski definition) is 4. The van der Waals surface area contributed by atoms with Crippen LogP contribution in [0, 0.1) is 0 Å². The fraction of sp³-hybridized carbons (Fsp3) is 0. The summed E-state index contributed by atoms with van der Waals surface area (Å²) in [6, 6.07) is 25.7. The van der Waals surface area contributed by atoms with Crippen LogP contribution in [0.2, 0.25) is 0 Å².